The van der Waals surface area contributed by atoms with Crippen LogP contribution < -0.4 is 10.1 Å². The van der Waals surface area contributed by atoms with Crippen LogP contribution in [0.1, 0.15) is 29.9 Å². The summed E-state index contributed by atoms with van der Waals surface area (Å²) in [6.45, 7) is 3.35. The molecule has 2 N–H and O–H groups in total. The van der Waals surface area contributed by atoms with Crippen molar-refractivity contribution in [2.24, 2.45) is 0 Å². The van der Waals surface area contributed by atoms with Crippen LogP contribution in [0, 0.1) is 11.3 Å². The van der Waals surface area contributed by atoms with Gasteiger partial charge in [-0.1, -0.05) is 6.07 Å². The molecule has 3 aromatic rings. The number of fused-ring (bicyclic) bond motifs is 1. The number of amides is 1. The molecule has 0 aliphatic rings. The maximum atomic E-state index is 12.2. The van der Waals surface area contributed by atoms with E-state index in [9.17, 15) is 9.90 Å². The average molecular weight is 361 g/mol. The second kappa shape index (κ2) is 7.85. The van der Waals surface area contributed by atoms with Crippen molar-refractivity contribution in [3.8, 4) is 17.6 Å². The molecule has 0 radical (unpaired) electrons. The number of nitrogens with one attached hydrogen (secondary N) is 1. The molecule has 0 bridgehead atoms. The lowest BCUT2D eigenvalue weighted by atomic mass is 10.1. The van der Waals surface area contributed by atoms with Crippen LogP contribution in [-0.2, 0) is 0 Å². The molecule has 6 heteroatoms. The van der Waals surface area contributed by atoms with Crippen molar-refractivity contribution < 1.29 is 14.6 Å². The minimum atomic E-state index is -0.642. The molecular formula is C21H19N3O3. The highest BCUT2D eigenvalue weighted by Crippen LogP contribution is 2.25. The van der Waals surface area contributed by atoms with E-state index < -0.39 is 6.10 Å². The Hall–Kier alpha value is -3.43. The van der Waals surface area contributed by atoms with E-state index in [4.69, 9.17) is 10.00 Å². The SMILES string of the molecule is C[C@H](O)[C@@H](C)NC(=O)c1ccc2cc(Oc3ccc(C#N)cc3)ccc2n1. The minimum absolute atomic E-state index is 0.288. The molecule has 136 valence electrons. The Morgan fingerprint density at radius 2 is 1.81 bits per heavy atom. The lowest BCUT2D eigenvalue weighted by Gasteiger charge is -2.16. The van der Waals surface area contributed by atoms with Crippen molar-refractivity contribution in [1.82, 2.24) is 10.3 Å². The van der Waals surface area contributed by atoms with Crippen molar-refractivity contribution in [2.45, 2.75) is 26.0 Å². The number of pyridine rings is 1. The minimum Gasteiger partial charge on any atom is -0.457 e. The Balaban J connectivity index is 1.78. The van der Waals surface area contributed by atoms with E-state index in [-0.39, 0.29) is 17.6 Å². The van der Waals surface area contributed by atoms with Crippen molar-refractivity contribution in [2.75, 3.05) is 0 Å². The Morgan fingerprint density at radius 1 is 1.11 bits per heavy atom. The predicted molar refractivity (Wildman–Crippen MR) is 102 cm³/mol. The van der Waals surface area contributed by atoms with Crippen molar-refractivity contribution in [3.05, 3.63) is 65.9 Å². The van der Waals surface area contributed by atoms with E-state index in [1.807, 2.05) is 6.07 Å². The molecule has 3 rings (SSSR count). The monoisotopic (exact) mass is 361 g/mol. The Labute approximate surface area is 157 Å². The zero-order valence-electron chi connectivity index (χ0n) is 15.0. The van der Waals surface area contributed by atoms with E-state index in [1.54, 1.807) is 62.4 Å². The van der Waals surface area contributed by atoms with Crippen LogP contribution in [0.25, 0.3) is 10.9 Å². The van der Waals surface area contributed by atoms with Gasteiger partial charge in [-0.15, -0.1) is 0 Å². The molecule has 2 atom stereocenters. The van der Waals surface area contributed by atoms with Crippen LogP contribution in [0.2, 0.25) is 0 Å². The van der Waals surface area contributed by atoms with E-state index >= 15 is 0 Å². The Morgan fingerprint density at radius 3 is 2.48 bits per heavy atom. The number of ether oxygens (including phenoxy) is 1. The molecule has 0 aliphatic heterocycles. The van der Waals surface area contributed by atoms with Gasteiger partial charge in [0.25, 0.3) is 5.91 Å². The summed E-state index contributed by atoms with van der Waals surface area (Å²) in [6.07, 6.45) is -0.642. The van der Waals surface area contributed by atoms with E-state index in [0.29, 0.717) is 22.6 Å². The lowest BCUT2D eigenvalue weighted by molar-refractivity contribution is 0.0869. The van der Waals surface area contributed by atoms with Crippen LogP contribution in [0.3, 0.4) is 0 Å². The van der Waals surface area contributed by atoms with Crippen LogP contribution in [0.15, 0.2) is 54.6 Å². The first-order valence-corrected chi connectivity index (χ1v) is 8.54. The summed E-state index contributed by atoms with van der Waals surface area (Å²) in [5, 5.41) is 21.9. The fourth-order valence-electron chi connectivity index (χ4n) is 2.43. The molecule has 0 aliphatic carbocycles. The number of aliphatic hydroxyl groups excluding tert-OH is 1. The number of benzene rings is 2. The van der Waals surface area contributed by atoms with Gasteiger partial charge in [-0.2, -0.15) is 5.26 Å². The molecule has 1 amide bonds. The third-order valence-corrected chi connectivity index (χ3v) is 4.19. The fraction of sp³-hybridized carbons (Fsp3) is 0.190. The highest BCUT2D eigenvalue weighted by molar-refractivity contribution is 5.95. The number of aromatic nitrogens is 1. The smallest absolute Gasteiger partial charge is 0.270 e. The van der Waals surface area contributed by atoms with Gasteiger partial charge in [0.1, 0.15) is 17.2 Å². The van der Waals surface area contributed by atoms with Crippen LogP contribution in [0.5, 0.6) is 11.5 Å². The third kappa shape index (κ3) is 4.40. The average Bonchev–Trinajstić information content (AvgIpc) is 2.68. The van der Waals surface area contributed by atoms with E-state index in [2.05, 4.69) is 16.4 Å². The van der Waals surface area contributed by atoms with Crippen molar-refractivity contribution >= 4 is 16.8 Å². The topological polar surface area (TPSA) is 95.2 Å². The summed E-state index contributed by atoms with van der Waals surface area (Å²) in [7, 11) is 0. The summed E-state index contributed by atoms with van der Waals surface area (Å²) in [4.78, 5) is 16.6. The number of carbonyl (C=O) groups excluding carboxylic acids is 1. The molecule has 2 aromatic carbocycles. The summed E-state index contributed by atoms with van der Waals surface area (Å²) in [5.74, 6) is 0.932. The highest BCUT2D eigenvalue weighted by Gasteiger charge is 2.15. The van der Waals surface area contributed by atoms with Gasteiger partial charge in [-0.3, -0.25) is 4.79 Å². The number of nitriles is 1. The van der Waals surface area contributed by atoms with E-state index in [0.717, 1.165) is 5.39 Å². The first-order valence-electron chi connectivity index (χ1n) is 8.54. The zero-order chi connectivity index (χ0) is 19.4. The molecule has 0 unspecified atom stereocenters. The third-order valence-electron chi connectivity index (χ3n) is 4.19. The second-order valence-electron chi connectivity index (χ2n) is 6.29. The van der Waals surface area contributed by atoms with Gasteiger partial charge in [-0.05, 0) is 62.4 Å². The van der Waals surface area contributed by atoms with Gasteiger partial charge in [0.05, 0.1) is 29.3 Å². The molecule has 0 saturated carbocycles. The molecule has 1 aromatic heterocycles. The van der Waals surface area contributed by atoms with Gasteiger partial charge < -0.3 is 15.2 Å². The standard InChI is InChI=1S/C21H19N3O3/c1-13(14(2)25)23-21(26)20-9-5-16-11-18(8-10-19(16)24-20)27-17-6-3-15(12-22)4-7-17/h3-11,13-14,25H,1-2H3,(H,23,26)/t13-,14+/m1/s1. The molecule has 27 heavy (non-hydrogen) atoms. The van der Waals surface area contributed by atoms with Gasteiger partial charge >= 0.3 is 0 Å². The molecule has 1 heterocycles. The second-order valence-corrected chi connectivity index (χ2v) is 6.29. The summed E-state index contributed by atoms with van der Waals surface area (Å²) in [6, 6.07) is 17.4. The fourth-order valence-corrected chi connectivity index (χ4v) is 2.43. The highest BCUT2D eigenvalue weighted by atomic mass is 16.5. The number of aliphatic hydroxyl groups is 1. The van der Waals surface area contributed by atoms with Crippen LogP contribution in [-0.4, -0.2) is 28.1 Å². The maximum absolute atomic E-state index is 12.2. The maximum Gasteiger partial charge on any atom is 0.270 e. The normalized spacial score (nSPS) is 12.8. The van der Waals surface area contributed by atoms with Gasteiger partial charge in [0, 0.05) is 5.39 Å². The first kappa shape index (κ1) is 18.4. The summed E-state index contributed by atoms with van der Waals surface area (Å²) >= 11 is 0. The lowest BCUT2D eigenvalue weighted by Crippen LogP contribution is -2.40. The van der Waals surface area contributed by atoms with Crippen LogP contribution in [0.4, 0.5) is 0 Å². The molecule has 0 saturated heterocycles. The molecular weight excluding hydrogens is 342 g/mol. The van der Waals surface area contributed by atoms with Crippen LogP contribution >= 0.6 is 0 Å². The Bertz CT molecular complexity index is 1010. The molecule has 6 nitrogen and oxygen atoms in total. The molecule has 0 fully saturated rings. The van der Waals surface area contributed by atoms with Crippen molar-refractivity contribution in [1.29, 1.82) is 5.26 Å². The number of rotatable bonds is 5. The largest absolute Gasteiger partial charge is 0.457 e. The van der Waals surface area contributed by atoms with Gasteiger partial charge in [0.15, 0.2) is 0 Å². The number of hydrogen-bond donors (Lipinski definition) is 2. The van der Waals surface area contributed by atoms with Gasteiger partial charge in [0.2, 0.25) is 0 Å². The summed E-state index contributed by atoms with van der Waals surface area (Å²) < 4.78 is 5.80. The molecule has 0 spiro atoms. The van der Waals surface area contributed by atoms with Gasteiger partial charge in [-0.25, -0.2) is 4.98 Å². The first-order chi connectivity index (χ1) is 13.0. The Kier molecular flexibility index (Phi) is 5.34. The number of hydrogen-bond acceptors (Lipinski definition) is 5. The quantitative estimate of drug-likeness (QED) is 0.726. The summed E-state index contributed by atoms with van der Waals surface area (Å²) in [5.41, 5.74) is 1.52. The van der Waals surface area contributed by atoms with E-state index in [1.165, 1.54) is 0 Å². The van der Waals surface area contributed by atoms with Crippen molar-refractivity contribution in [3.63, 3.8) is 0 Å². The number of nitrogens with zero attached hydrogens (tertiary/aromatic N) is 2. The zero-order valence-corrected chi connectivity index (χ0v) is 15.0. The predicted octanol–water partition coefficient (Wildman–Crippen LogP) is 3.40. The number of carbonyl (C=O) groups is 1.